The van der Waals surface area contributed by atoms with Crippen molar-refractivity contribution in [2.24, 2.45) is 0 Å². The summed E-state index contributed by atoms with van der Waals surface area (Å²) in [6, 6.07) is 16.7. The number of halogens is 2. The van der Waals surface area contributed by atoms with E-state index in [2.05, 4.69) is 27.9 Å². The van der Waals surface area contributed by atoms with E-state index in [0.29, 0.717) is 16.3 Å². The molecule has 110 valence electrons. The van der Waals surface area contributed by atoms with Crippen LogP contribution in [0.2, 0.25) is 5.02 Å². The summed E-state index contributed by atoms with van der Waals surface area (Å²) in [4.78, 5) is 12.5. The third-order valence-electron chi connectivity index (χ3n) is 3.21. The maximum Gasteiger partial charge on any atom is 0.256 e. The zero-order chi connectivity index (χ0) is 15.5. The normalized spacial score (nSPS) is 10.5. The highest BCUT2D eigenvalue weighted by atomic mass is 127. The second-order valence-electron chi connectivity index (χ2n) is 4.69. The van der Waals surface area contributed by atoms with Crippen LogP contribution in [-0.2, 0) is 0 Å². The van der Waals surface area contributed by atoms with E-state index < -0.39 is 0 Å². The molecule has 3 nitrogen and oxygen atoms in total. The van der Waals surface area contributed by atoms with E-state index in [9.17, 15) is 4.79 Å². The van der Waals surface area contributed by atoms with Crippen LogP contribution in [0.1, 0.15) is 10.4 Å². The van der Waals surface area contributed by atoms with Crippen molar-refractivity contribution >= 4 is 45.8 Å². The summed E-state index contributed by atoms with van der Waals surface area (Å²) < 4.78 is 2.83. The SMILES string of the molecule is O=C(Nc1ccc(Cl)cc1-n1cccc1)c1ccccc1I. The molecule has 0 bridgehead atoms. The minimum atomic E-state index is -0.138. The van der Waals surface area contributed by atoms with Gasteiger partial charge in [-0.1, -0.05) is 23.7 Å². The molecule has 0 aliphatic rings. The van der Waals surface area contributed by atoms with Crippen molar-refractivity contribution in [3.63, 3.8) is 0 Å². The maximum absolute atomic E-state index is 12.5. The van der Waals surface area contributed by atoms with Gasteiger partial charge in [-0.05, 0) is 65.1 Å². The summed E-state index contributed by atoms with van der Waals surface area (Å²) >= 11 is 8.24. The van der Waals surface area contributed by atoms with Crippen LogP contribution in [-0.4, -0.2) is 10.5 Å². The number of carbonyl (C=O) groups excluding carboxylic acids is 1. The molecule has 3 rings (SSSR count). The first kappa shape index (κ1) is 15.1. The molecule has 0 spiro atoms. The van der Waals surface area contributed by atoms with Crippen molar-refractivity contribution in [2.75, 3.05) is 5.32 Å². The van der Waals surface area contributed by atoms with E-state index >= 15 is 0 Å². The first-order valence-corrected chi connectivity index (χ1v) is 8.09. The maximum atomic E-state index is 12.5. The highest BCUT2D eigenvalue weighted by Crippen LogP contribution is 2.25. The zero-order valence-corrected chi connectivity index (χ0v) is 14.4. The molecule has 2 aromatic carbocycles. The second kappa shape index (κ2) is 6.54. The Bertz CT molecular complexity index is 815. The van der Waals surface area contributed by atoms with Gasteiger partial charge in [0.05, 0.1) is 16.9 Å². The van der Waals surface area contributed by atoms with Crippen molar-refractivity contribution in [3.05, 3.63) is 81.1 Å². The lowest BCUT2D eigenvalue weighted by Gasteiger charge is -2.13. The Morgan fingerprint density at radius 3 is 2.50 bits per heavy atom. The Kier molecular flexibility index (Phi) is 4.49. The molecule has 22 heavy (non-hydrogen) atoms. The van der Waals surface area contributed by atoms with Crippen LogP contribution in [0.3, 0.4) is 0 Å². The fourth-order valence-corrected chi connectivity index (χ4v) is 2.95. The van der Waals surface area contributed by atoms with Crippen LogP contribution in [0.4, 0.5) is 5.69 Å². The lowest BCUT2D eigenvalue weighted by Crippen LogP contribution is -2.14. The van der Waals surface area contributed by atoms with Gasteiger partial charge in [0.15, 0.2) is 0 Å². The Morgan fingerprint density at radius 1 is 1.05 bits per heavy atom. The summed E-state index contributed by atoms with van der Waals surface area (Å²) in [6.45, 7) is 0. The van der Waals surface area contributed by atoms with Crippen molar-refractivity contribution in [3.8, 4) is 5.69 Å². The molecule has 0 saturated heterocycles. The van der Waals surface area contributed by atoms with Crippen LogP contribution in [0.25, 0.3) is 5.69 Å². The predicted molar refractivity (Wildman–Crippen MR) is 97.9 cm³/mol. The molecule has 0 aliphatic heterocycles. The van der Waals surface area contributed by atoms with Crippen LogP contribution in [0, 0.1) is 3.57 Å². The van der Waals surface area contributed by atoms with Crippen LogP contribution in [0.5, 0.6) is 0 Å². The standard InChI is InChI=1S/C17H12ClIN2O/c18-12-7-8-15(16(11-12)21-9-3-4-10-21)20-17(22)13-5-1-2-6-14(13)19/h1-11H,(H,20,22). The predicted octanol–water partition coefficient (Wildman–Crippen LogP) is 4.99. The number of hydrogen-bond acceptors (Lipinski definition) is 1. The number of nitrogens with zero attached hydrogens (tertiary/aromatic N) is 1. The molecule has 0 unspecified atom stereocenters. The Labute approximate surface area is 147 Å². The molecule has 1 aromatic heterocycles. The number of aromatic nitrogens is 1. The average Bonchev–Trinajstić information content (AvgIpc) is 3.03. The van der Waals surface area contributed by atoms with Gasteiger partial charge in [-0.3, -0.25) is 4.79 Å². The van der Waals surface area contributed by atoms with Gasteiger partial charge in [0, 0.05) is 21.0 Å². The van der Waals surface area contributed by atoms with Gasteiger partial charge in [-0.25, -0.2) is 0 Å². The van der Waals surface area contributed by atoms with Gasteiger partial charge in [0.25, 0.3) is 5.91 Å². The van der Waals surface area contributed by atoms with Gasteiger partial charge in [-0.2, -0.15) is 0 Å². The molecule has 0 atom stereocenters. The van der Waals surface area contributed by atoms with Crippen LogP contribution >= 0.6 is 34.2 Å². The molecule has 1 heterocycles. The highest BCUT2D eigenvalue weighted by Gasteiger charge is 2.12. The highest BCUT2D eigenvalue weighted by molar-refractivity contribution is 14.1. The first-order valence-electron chi connectivity index (χ1n) is 6.64. The summed E-state index contributed by atoms with van der Waals surface area (Å²) in [5.41, 5.74) is 2.19. The Morgan fingerprint density at radius 2 is 1.77 bits per heavy atom. The van der Waals surface area contributed by atoms with Crippen molar-refractivity contribution in [2.45, 2.75) is 0 Å². The van der Waals surface area contributed by atoms with Gasteiger partial charge < -0.3 is 9.88 Å². The topological polar surface area (TPSA) is 34.0 Å². The number of benzene rings is 2. The molecular weight excluding hydrogens is 411 g/mol. The first-order chi connectivity index (χ1) is 10.6. The average molecular weight is 423 g/mol. The molecule has 1 amide bonds. The number of anilines is 1. The number of carbonyl (C=O) groups is 1. The van der Waals surface area contributed by atoms with E-state index in [1.165, 1.54) is 0 Å². The van der Waals surface area contributed by atoms with Crippen molar-refractivity contribution in [1.82, 2.24) is 4.57 Å². The molecule has 0 saturated carbocycles. The Hall–Kier alpha value is -1.79. The smallest absolute Gasteiger partial charge is 0.256 e. The molecule has 5 heteroatoms. The third-order valence-corrected chi connectivity index (χ3v) is 4.38. The van der Waals surface area contributed by atoms with E-state index in [-0.39, 0.29) is 5.91 Å². The van der Waals surface area contributed by atoms with Crippen molar-refractivity contribution in [1.29, 1.82) is 0 Å². The number of hydrogen-bond donors (Lipinski definition) is 1. The fourth-order valence-electron chi connectivity index (χ4n) is 2.15. The van der Waals surface area contributed by atoms with Gasteiger partial charge in [0.2, 0.25) is 0 Å². The van der Waals surface area contributed by atoms with E-state index in [4.69, 9.17) is 11.6 Å². The lowest BCUT2D eigenvalue weighted by molar-refractivity contribution is 0.102. The second-order valence-corrected chi connectivity index (χ2v) is 6.28. The third kappa shape index (κ3) is 3.18. The van der Waals surface area contributed by atoms with Gasteiger partial charge >= 0.3 is 0 Å². The fraction of sp³-hybridized carbons (Fsp3) is 0. The molecule has 3 aromatic rings. The lowest BCUT2D eigenvalue weighted by atomic mass is 10.2. The largest absolute Gasteiger partial charge is 0.322 e. The molecule has 0 aliphatic carbocycles. The summed E-state index contributed by atoms with van der Waals surface area (Å²) in [5, 5.41) is 3.58. The van der Waals surface area contributed by atoms with Gasteiger partial charge in [-0.15, -0.1) is 0 Å². The zero-order valence-electron chi connectivity index (χ0n) is 11.5. The van der Waals surface area contributed by atoms with Crippen LogP contribution in [0.15, 0.2) is 67.0 Å². The van der Waals surface area contributed by atoms with E-state index in [1.54, 1.807) is 6.07 Å². The minimum Gasteiger partial charge on any atom is -0.322 e. The van der Waals surface area contributed by atoms with E-state index in [1.807, 2.05) is 65.5 Å². The summed E-state index contributed by atoms with van der Waals surface area (Å²) in [6.07, 6.45) is 3.82. The van der Waals surface area contributed by atoms with Gasteiger partial charge in [0.1, 0.15) is 0 Å². The number of rotatable bonds is 3. The molecular formula is C17H12ClIN2O. The van der Waals surface area contributed by atoms with Crippen molar-refractivity contribution < 1.29 is 4.79 Å². The number of amides is 1. The molecule has 0 radical (unpaired) electrons. The van der Waals surface area contributed by atoms with E-state index in [0.717, 1.165) is 9.26 Å². The molecule has 0 fully saturated rings. The summed E-state index contributed by atoms with van der Waals surface area (Å²) in [5.74, 6) is -0.138. The quantitative estimate of drug-likeness (QED) is 0.593. The Balaban J connectivity index is 1.96. The number of nitrogens with one attached hydrogen (secondary N) is 1. The summed E-state index contributed by atoms with van der Waals surface area (Å²) in [7, 11) is 0. The van der Waals surface area contributed by atoms with Crippen LogP contribution < -0.4 is 5.32 Å². The monoisotopic (exact) mass is 422 g/mol. The molecule has 1 N–H and O–H groups in total. The minimum absolute atomic E-state index is 0.138.